The van der Waals surface area contributed by atoms with Gasteiger partial charge >= 0.3 is 0 Å². The molecule has 0 aliphatic carbocycles. The maximum atomic E-state index is 6.05. The number of aromatic nitrogens is 3. The van der Waals surface area contributed by atoms with Gasteiger partial charge in [-0.05, 0) is 41.9 Å². The lowest BCUT2D eigenvalue weighted by Crippen LogP contribution is -2.02. The average molecular weight is 287 g/mol. The number of hydrogen-bond donors (Lipinski definition) is 0. The highest BCUT2D eigenvalue weighted by Crippen LogP contribution is 2.25. The number of hydrogen-bond acceptors (Lipinski definition) is 2. The van der Waals surface area contributed by atoms with Crippen molar-refractivity contribution in [2.24, 2.45) is 0 Å². The SMILES string of the molecule is Cc1nn(-c2ncccc2Cl)c(C)c1Br. The Morgan fingerprint density at radius 3 is 2.67 bits per heavy atom. The predicted molar refractivity (Wildman–Crippen MR) is 63.5 cm³/mol. The molecular formula is C10H9BrClN3. The van der Waals surface area contributed by atoms with Crippen molar-refractivity contribution in [3.8, 4) is 5.82 Å². The molecule has 5 heteroatoms. The quantitative estimate of drug-likeness (QED) is 0.805. The van der Waals surface area contributed by atoms with Gasteiger partial charge < -0.3 is 0 Å². The minimum absolute atomic E-state index is 0.593. The van der Waals surface area contributed by atoms with Gasteiger partial charge in [0.2, 0.25) is 0 Å². The van der Waals surface area contributed by atoms with Gasteiger partial charge in [0.15, 0.2) is 5.82 Å². The Labute approximate surface area is 101 Å². The second-order valence-corrected chi connectivity index (χ2v) is 4.41. The molecule has 0 bridgehead atoms. The fraction of sp³-hybridized carbons (Fsp3) is 0.200. The molecule has 3 nitrogen and oxygen atoms in total. The standard InChI is InChI=1S/C10H9BrClN3/c1-6-9(11)7(2)15(14-6)10-8(12)4-3-5-13-10/h3-5H,1-2H3. The van der Waals surface area contributed by atoms with Crippen LogP contribution < -0.4 is 0 Å². The lowest BCUT2D eigenvalue weighted by atomic mass is 10.4. The smallest absolute Gasteiger partial charge is 0.172 e. The molecule has 0 aromatic carbocycles. The van der Waals surface area contributed by atoms with Crippen LogP contribution in [-0.4, -0.2) is 14.8 Å². The van der Waals surface area contributed by atoms with Crippen LogP contribution in [0.5, 0.6) is 0 Å². The molecule has 0 unspecified atom stereocenters. The summed E-state index contributed by atoms with van der Waals surface area (Å²) in [6.45, 7) is 3.90. The van der Waals surface area contributed by atoms with E-state index in [2.05, 4.69) is 26.0 Å². The highest BCUT2D eigenvalue weighted by Gasteiger charge is 2.12. The third-order valence-corrected chi connectivity index (χ3v) is 3.59. The molecule has 15 heavy (non-hydrogen) atoms. The van der Waals surface area contributed by atoms with Gasteiger partial charge in [-0.2, -0.15) is 5.10 Å². The Bertz CT molecular complexity index is 507. The van der Waals surface area contributed by atoms with Crippen LogP contribution >= 0.6 is 27.5 Å². The molecule has 0 fully saturated rings. The Balaban J connectivity index is 2.65. The van der Waals surface area contributed by atoms with E-state index in [-0.39, 0.29) is 0 Å². The van der Waals surface area contributed by atoms with Gasteiger partial charge in [-0.15, -0.1) is 0 Å². The molecule has 0 aliphatic heterocycles. The summed E-state index contributed by atoms with van der Waals surface area (Å²) in [6, 6.07) is 3.60. The molecule has 0 amide bonds. The fourth-order valence-corrected chi connectivity index (χ4v) is 1.81. The number of rotatable bonds is 1. The summed E-state index contributed by atoms with van der Waals surface area (Å²) >= 11 is 9.52. The molecule has 0 saturated heterocycles. The first-order chi connectivity index (χ1) is 7.11. The van der Waals surface area contributed by atoms with Gasteiger partial charge in [0.1, 0.15) is 0 Å². The highest BCUT2D eigenvalue weighted by molar-refractivity contribution is 9.10. The van der Waals surface area contributed by atoms with Crippen molar-refractivity contribution < 1.29 is 0 Å². The van der Waals surface area contributed by atoms with Crippen LogP contribution in [0.4, 0.5) is 0 Å². The fourth-order valence-electron chi connectivity index (χ4n) is 1.36. The van der Waals surface area contributed by atoms with E-state index in [4.69, 9.17) is 11.6 Å². The van der Waals surface area contributed by atoms with Crippen molar-refractivity contribution in [2.75, 3.05) is 0 Å². The molecule has 0 spiro atoms. The topological polar surface area (TPSA) is 30.7 Å². The van der Waals surface area contributed by atoms with Gasteiger partial charge in [0.25, 0.3) is 0 Å². The molecule has 0 atom stereocenters. The zero-order valence-corrected chi connectivity index (χ0v) is 10.7. The Kier molecular flexibility index (Phi) is 2.80. The van der Waals surface area contributed by atoms with Crippen LogP contribution in [0.1, 0.15) is 11.4 Å². The van der Waals surface area contributed by atoms with Crippen LogP contribution in [0.25, 0.3) is 5.82 Å². The molecule has 2 aromatic rings. The Hall–Kier alpha value is -0.870. The minimum atomic E-state index is 0.593. The second-order valence-electron chi connectivity index (χ2n) is 3.21. The Morgan fingerprint density at radius 1 is 1.40 bits per heavy atom. The second kappa shape index (κ2) is 3.94. The summed E-state index contributed by atoms with van der Waals surface area (Å²) < 4.78 is 2.73. The van der Waals surface area contributed by atoms with Crippen molar-refractivity contribution in [3.63, 3.8) is 0 Å². The summed E-state index contributed by atoms with van der Waals surface area (Å²) in [4.78, 5) is 4.21. The number of aryl methyl sites for hydroxylation is 1. The number of halogens is 2. The normalized spacial score (nSPS) is 10.7. The van der Waals surface area contributed by atoms with Crippen molar-refractivity contribution in [3.05, 3.63) is 39.2 Å². The molecule has 0 aliphatic rings. The summed E-state index contributed by atoms with van der Waals surface area (Å²) in [5, 5.41) is 4.96. The Morgan fingerprint density at radius 2 is 2.13 bits per heavy atom. The summed E-state index contributed by atoms with van der Waals surface area (Å²) in [5.74, 6) is 0.658. The zero-order chi connectivity index (χ0) is 11.0. The molecule has 0 N–H and O–H groups in total. The van der Waals surface area contributed by atoms with Gasteiger partial charge in [0.05, 0.1) is 20.9 Å². The van der Waals surface area contributed by atoms with E-state index in [0.717, 1.165) is 15.9 Å². The first kappa shape index (κ1) is 10.6. The van der Waals surface area contributed by atoms with Crippen molar-refractivity contribution in [2.45, 2.75) is 13.8 Å². The molecule has 2 heterocycles. The van der Waals surface area contributed by atoms with E-state index < -0.39 is 0 Å². The number of nitrogens with zero attached hydrogens (tertiary/aromatic N) is 3. The largest absolute Gasteiger partial charge is 0.236 e. The van der Waals surface area contributed by atoms with Crippen LogP contribution in [0.3, 0.4) is 0 Å². The van der Waals surface area contributed by atoms with Crippen LogP contribution in [0, 0.1) is 13.8 Å². The van der Waals surface area contributed by atoms with Crippen LogP contribution in [0.2, 0.25) is 5.02 Å². The molecular weight excluding hydrogens is 277 g/mol. The monoisotopic (exact) mass is 285 g/mol. The molecule has 2 aromatic heterocycles. The summed E-state index contributed by atoms with van der Waals surface area (Å²) in [7, 11) is 0. The average Bonchev–Trinajstić information content (AvgIpc) is 2.47. The van der Waals surface area contributed by atoms with Gasteiger partial charge in [-0.3, -0.25) is 0 Å². The lowest BCUT2D eigenvalue weighted by molar-refractivity contribution is 0.806. The van der Waals surface area contributed by atoms with Gasteiger partial charge in [-0.25, -0.2) is 9.67 Å². The molecule has 0 saturated carbocycles. The van der Waals surface area contributed by atoms with E-state index in [1.807, 2.05) is 13.8 Å². The lowest BCUT2D eigenvalue weighted by Gasteiger charge is -2.04. The van der Waals surface area contributed by atoms with Gasteiger partial charge in [0, 0.05) is 6.20 Å². The zero-order valence-electron chi connectivity index (χ0n) is 8.33. The minimum Gasteiger partial charge on any atom is -0.236 e. The van der Waals surface area contributed by atoms with Crippen molar-refractivity contribution in [1.29, 1.82) is 0 Å². The van der Waals surface area contributed by atoms with Crippen molar-refractivity contribution in [1.82, 2.24) is 14.8 Å². The molecule has 78 valence electrons. The highest BCUT2D eigenvalue weighted by atomic mass is 79.9. The summed E-state index contributed by atoms with van der Waals surface area (Å²) in [5.41, 5.74) is 1.92. The van der Waals surface area contributed by atoms with Crippen molar-refractivity contribution >= 4 is 27.5 Å². The molecule has 2 rings (SSSR count). The van der Waals surface area contributed by atoms with E-state index in [9.17, 15) is 0 Å². The predicted octanol–water partition coefficient (Wildman–Crippen LogP) is 3.30. The van der Waals surface area contributed by atoms with E-state index >= 15 is 0 Å². The number of pyridine rings is 1. The first-order valence-corrected chi connectivity index (χ1v) is 5.61. The van der Waals surface area contributed by atoms with Crippen LogP contribution in [-0.2, 0) is 0 Å². The maximum Gasteiger partial charge on any atom is 0.172 e. The first-order valence-electron chi connectivity index (χ1n) is 4.44. The third kappa shape index (κ3) is 1.79. The van der Waals surface area contributed by atoms with Gasteiger partial charge in [-0.1, -0.05) is 11.6 Å². The van der Waals surface area contributed by atoms with E-state index in [1.165, 1.54) is 0 Å². The van der Waals surface area contributed by atoms with Crippen LogP contribution in [0.15, 0.2) is 22.8 Å². The summed E-state index contributed by atoms with van der Waals surface area (Å²) in [6.07, 6.45) is 1.70. The van der Waals surface area contributed by atoms with E-state index in [0.29, 0.717) is 10.8 Å². The molecule has 0 radical (unpaired) electrons. The maximum absolute atomic E-state index is 6.05. The van der Waals surface area contributed by atoms with E-state index in [1.54, 1.807) is 23.0 Å². The third-order valence-electron chi connectivity index (χ3n) is 2.14.